The Morgan fingerprint density at radius 2 is 1.94 bits per heavy atom. The molecule has 3 heteroatoms. The third kappa shape index (κ3) is 5.84. The summed E-state index contributed by atoms with van der Waals surface area (Å²) in [5.74, 6) is 1.59. The number of ether oxygens (including phenoxy) is 1. The summed E-state index contributed by atoms with van der Waals surface area (Å²) in [7, 11) is 1.77. The number of rotatable bonds is 9. The van der Waals surface area contributed by atoms with Gasteiger partial charge < -0.3 is 10.5 Å². The summed E-state index contributed by atoms with van der Waals surface area (Å²) in [5, 5.41) is 0. The van der Waals surface area contributed by atoms with Crippen LogP contribution < -0.4 is 5.73 Å². The lowest BCUT2D eigenvalue weighted by Gasteiger charge is -2.31. The van der Waals surface area contributed by atoms with Gasteiger partial charge in [-0.1, -0.05) is 13.8 Å². The fourth-order valence-corrected chi connectivity index (χ4v) is 2.53. The summed E-state index contributed by atoms with van der Waals surface area (Å²) in [6.07, 6.45) is 3.90. The molecule has 0 amide bonds. The van der Waals surface area contributed by atoms with Crippen LogP contribution in [0.5, 0.6) is 0 Å². The molecule has 0 spiro atoms. The summed E-state index contributed by atoms with van der Waals surface area (Å²) in [6, 6.07) is 0.969. The first-order valence-corrected chi connectivity index (χ1v) is 7.03. The second-order valence-electron chi connectivity index (χ2n) is 5.96. The normalized spacial score (nSPS) is 19.9. The van der Waals surface area contributed by atoms with Crippen molar-refractivity contribution < 1.29 is 4.74 Å². The second kappa shape index (κ2) is 7.34. The Morgan fingerprint density at radius 1 is 1.29 bits per heavy atom. The lowest BCUT2D eigenvalue weighted by Crippen LogP contribution is -2.45. The number of hydrogen-bond donors (Lipinski definition) is 1. The van der Waals surface area contributed by atoms with E-state index in [1.165, 1.54) is 12.8 Å². The average molecular weight is 242 g/mol. The van der Waals surface area contributed by atoms with Crippen LogP contribution in [-0.4, -0.2) is 43.8 Å². The van der Waals surface area contributed by atoms with Crippen molar-refractivity contribution >= 4 is 0 Å². The summed E-state index contributed by atoms with van der Waals surface area (Å²) in [6.45, 7) is 9.66. The fraction of sp³-hybridized carbons (Fsp3) is 1.00. The molecule has 102 valence electrons. The van der Waals surface area contributed by atoms with Gasteiger partial charge in [0.25, 0.3) is 0 Å². The van der Waals surface area contributed by atoms with Gasteiger partial charge in [-0.25, -0.2) is 0 Å². The minimum Gasteiger partial charge on any atom is -0.383 e. The van der Waals surface area contributed by atoms with Crippen LogP contribution in [-0.2, 0) is 4.74 Å². The Hall–Kier alpha value is -0.120. The van der Waals surface area contributed by atoms with E-state index in [1.807, 2.05) is 0 Å². The topological polar surface area (TPSA) is 38.5 Å². The molecule has 2 N–H and O–H groups in total. The maximum atomic E-state index is 6.22. The standard InChI is InChI=1S/C14H30N2O/c1-11(2)9-14(15)10-16(7-8-17-4)12(3)13-5-6-13/h11-14H,5-10,15H2,1-4H3. The van der Waals surface area contributed by atoms with Gasteiger partial charge in [0, 0.05) is 32.3 Å². The number of methoxy groups -OCH3 is 1. The minimum atomic E-state index is 0.299. The van der Waals surface area contributed by atoms with Crippen LogP contribution >= 0.6 is 0 Å². The summed E-state index contributed by atoms with van der Waals surface area (Å²) in [5.41, 5.74) is 6.22. The Morgan fingerprint density at radius 3 is 2.41 bits per heavy atom. The van der Waals surface area contributed by atoms with E-state index in [-0.39, 0.29) is 0 Å². The molecule has 3 nitrogen and oxygen atoms in total. The minimum absolute atomic E-state index is 0.299. The van der Waals surface area contributed by atoms with Crippen molar-refractivity contribution in [2.24, 2.45) is 17.6 Å². The summed E-state index contributed by atoms with van der Waals surface area (Å²) < 4.78 is 5.20. The molecule has 0 aliphatic heterocycles. The molecule has 0 saturated heterocycles. The number of nitrogens with zero attached hydrogens (tertiary/aromatic N) is 1. The van der Waals surface area contributed by atoms with Gasteiger partial charge in [-0.2, -0.15) is 0 Å². The van der Waals surface area contributed by atoms with E-state index < -0.39 is 0 Å². The quantitative estimate of drug-likeness (QED) is 0.673. The van der Waals surface area contributed by atoms with Crippen molar-refractivity contribution in [3.05, 3.63) is 0 Å². The molecule has 1 rings (SSSR count). The third-order valence-electron chi connectivity index (χ3n) is 3.71. The Kier molecular flexibility index (Phi) is 6.45. The molecule has 0 heterocycles. The van der Waals surface area contributed by atoms with Crippen LogP contribution in [0.15, 0.2) is 0 Å². The maximum Gasteiger partial charge on any atom is 0.0589 e. The number of nitrogens with two attached hydrogens (primary N) is 1. The maximum absolute atomic E-state index is 6.22. The highest BCUT2D eigenvalue weighted by molar-refractivity contribution is 4.86. The van der Waals surface area contributed by atoms with Gasteiger partial charge >= 0.3 is 0 Å². The first-order chi connectivity index (χ1) is 8.04. The van der Waals surface area contributed by atoms with Crippen LogP contribution in [0.2, 0.25) is 0 Å². The largest absolute Gasteiger partial charge is 0.383 e. The third-order valence-corrected chi connectivity index (χ3v) is 3.71. The lowest BCUT2D eigenvalue weighted by molar-refractivity contribution is 0.110. The van der Waals surface area contributed by atoms with Crippen molar-refractivity contribution in [3.63, 3.8) is 0 Å². The summed E-state index contributed by atoms with van der Waals surface area (Å²) in [4.78, 5) is 2.52. The van der Waals surface area contributed by atoms with Crippen LogP contribution in [0.3, 0.4) is 0 Å². The monoisotopic (exact) mass is 242 g/mol. The average Bonchev–Trinajstić information content (AvgIpc) is 3.05. The smallest absolute Gasteiger partial charge is 0.0589 e. The van der Waals surface area contributed by atoms with E-state index in [0.29, 0.717) is 18.0 Å². The van der Waals surface area contributed by atoms with Gasteiger partial charge in [-0.05, 0) is 38.0 Å². The lowest BCUT2D eigenvalue weighted by atomic mass is 10.0. The second-order valence-corrected chi connectivity index (χ2v) is 5.96. The van der Waals surface area contributed by atoms with E-state index in [1.54, 1.807) is 7.11 Å². The molecular weight excluding hydrogens is 212 g/mol. The van der Waals surface area contributed by atoms with E-state index >= 15 is 0 Å². The highest BCUT2D eigenvalue weighted by Gasteiger charge is 2.32. The van der Waals surface area contributed by atoms with E-state index in [2.05, 4.69) is 25.7 Å². The van der Waals surface area contributed by atoms with Gasteiger partial charge in [0.2, 0.25) is 0 Å². The number of hydrogen-bond acceptors (Lipinski definition) is 3. The van der Waals surface area contributed by atoms with Gasteiger partial charge in [-0.15, -0.1) is 0 Å². The molecule has 0 radical (unpaired) electrons. The Labute approximate surface area is 107 Å². The van der Waals surface area contributed by atoms with Crippen LogP contribution in [0, 0.1) is 11.8 Å². The zero-order valence-corrected chi connectivity index (χ0v) is 12.0. The highest BCUT2D eigenvalue weighted by Crippen LogP contribution is 2.35. The molecule has 2 atom stereocenters. The van der Waals surface area contributed by atoms with Crippen molar-refractivity contribution in [3.8, 4) is 0 Å². The van der Waals surface area contributed by atoms with Gasteiger partial charge in [0.1, 0.15) is 0 Å². The van der Waals surface area contributed by atoms with Gasteiger partial charge in [0.15, 0.2) is 0 Å². The fourth-order valence-electron chi connectivity index (χ4n) is 2.53. The predicted molar refractivity (Wildman–Crippen MR) is 73.1 cm³/mol. The van der Waals surface area contributed by atoms with E-state index in [0.717, 1.165) is 32.0 Å². The zero-order chi connectivity index (χ0) is 12.8. The predicted octanol–water partition coefficient (Wildman–Crippen LogP) is 2.11. The first kappa shape index (κ1) is 14.9. The van der Waals surface area contributed by atoms with Crippen molar-refractivity contribution in [1.82, 2.24) is 4.90 Å². The molecule has 0 aromatic heterocycles. The van der Waals surface area contributed by atoms with Crippen LogP contribution in [0.4, 0.5) is 0 Å². The Balaban J connectivity index is 2.38. The van der Waals surface area contributed by atoms with Crippen molar-refractivity contribution in [1.29, 1.82) is 0 Å². The molecule has 0 aromatic rings. The molecule has 17 heavy (non-hydrogen) atoms. The molecule has 1 fully saturated rings. The molecule has 0 aromatic carbocycles. The van der Waals surface area contributed by atoms with E-state index in [4.69, 9.17) is 10.5 Å². The van der Waals surface area contributed by atoms with E-state index in [9.17, 15) is 0 Å². The summed E-state index contributed by atoms with van der Waals surface area (Å²) >= 11 is 0. The van der Waals surface area contributed by atoms with Crippen molar-refractivity contribution in [2.45, 2.75) is 52.1 Å². The highest BCUT2D eigenvalue weighted by atomic mass is 16.5. The van der Waals surface area contributed by atoms with Crippen molar-refractivity contribution in [2.75, 3.05) is 26.8 Å². The van der Waals surface area contributed by atoms with Crippen LogP contribution in [0.1, 0.15) is 40.0 Å². The molecule has 1 saturated carbocycles. The van der Waals surface area contributed by atoms with Gasteiger partial charge in [-0.3, -0.25) is 4.90 Å². The zero-order valence-electron chi connectivity index (χ0n) is 12.0. The molecular formula is C14H30N2O. The molecule has 0 bridgehead atoms. The van der Waals surface area contributed by atoms with Crippen LogP contribution in [0.25, 0.3) is 0 Å². The molecule has 2 unspecified atom stereocenters. The first-order valence-electron chi connectivity index (χ1n) is 7.03. The molecule has 1 aliphatic rings. The SMILES string of the molecule is COCCN(CC(N)CC(C)C)C(C)C1CC1. The Bertz CT molecular complexity index is 204. The van der Waals surface area contributed by atoms with Gasteiger partial charge in [0.05, 0.1) is 6.61 Å². The molecule has 1 aliphatic carbocycles.